The fraction of sp³-hybridized carbons (Fsp3) is 0.486. The highest BCUT2D eigenvalue weighted by molar-refractivity contribution is 6.74. The Hall–Kier alpha value is -3.07. The van der Waals surface area contributed by atoms with Crippen molar-refractivity contribution < 1.29 is 13.9 Å². The minimum absolute atomic E-state index is 0.196. The summed E-state index contributed by atoms with van der Waals surface area (Å²) in [5, 5.41) is 9.56. The number of ether oxygens (including phenoxy) is 2. The molecule has 222 valence electrons. The molecule has 0 heterocycles. The van der Waals surface area contributed by atoms with E-state index < -0.39 is 8.32 Å². The molecule has 0 N–H and O–H groups in total. The van der Waals surface area contributed by atoms with Crippen molar-refractivity contribution in [3.8, 4) is 28.7 Å². The van der Waals surface area contributed by atoms with Crippen LogP contribution in [-0.2, 0) is 17.5 Å². The molecule has 0 bridgehead atoms. The van der Waals surface area contributed by atoms with Gasteiger partial charge in [0.1, 0.15) is 24.7 Å². The first-order valence-corrected chi connectivity index (χ1v) is 18.4. The molecule has 2 aliphatic carbocycles. The maximum absolute atomic E-state index is 9.36. The minimum atomic E-state index is -1.77. The van der Waals surface area contributed by atoms with Gasteiger partial charge in [0.05, 0.1) is 12.7 Å². The third-order valence-electron chi connectivity index (χ3n) is 10.2. The van der Waals surface area contributed by atoms with Crippen LogP contribution in [0.4, 0.5) is 0 Å². The SMILES string of the molecule is Cc1cc(OCCO[Si](C)(C)C(C)(C)C)cc(C)c1-c1cccc(COc2ccc3c(c2)CC2(CC2)C3CC#N)c1C. The molecule has 3 aromatic rings. The molecule has 2 aliphatic rings. The zero-order valence-electron chi connectivity index (χ0n) is 26.8. The molecule has 1 unspecified atom stereocenters. The summed E-state index contributed by atoms with van der Waals surface area (Å²) in [6, 6.07) is 19.7. The lowest BCUT2D eigenvalue weighted by Crippen LogP contribution is -2.41. The monoisotopic (exact) mass is 581 g/mol. The van der Waals surface area contributed by atoms with Gasteiger partial charge in [-0.25, -0.2) is 0 Å². The first kappa shape index (κ1) is 30.4. The molecule has 0 amide bonds. The van der Waals surface area contributed by atoms with Gasteiger partial charge in [0, 0.05) is 12.3 Å². The molecule has 0 saturated heterocycles. The van der Waals surface area contributed by atoms with Crippen molar-refractivity contribution in [3.63, 3.8) is 0 Å². The maximum Gasteiger partial charge on any atom is 0.192 e. The summed E-state index contributed by atoms with van der Waals surface area (Å²) in [4.78, 5) is 0. The van der Waals surface area contributed by atoms with Crippen LogP contribution in [-0.4, -0.2) is 21.5 Å². The Morgan fingerprint density at radius 1 is 0.929 bits per heavy atom. The van der Waals surface area contributed by atoms with E-state index >= 15 is 0 Å². The number of rotatable bonds is 10. The molecule has 1 spiro atoms. The first-order chi connectivity index (χ1) is 19.8. The topological polar surface area (TPSA) is 51.5 Å². The summed E-state index contributed by atoms with van der Waals surface area (Å²) >= 11 is 0. The molecular formula is C37H47NO3Si. The number of nitriles is 1. The van der Waals surface area contributed by atoms with Gasteiger partial charge in [-0.3, -0.25) is 0 Å². The summed E-state index contributed by atoms with van der Waals surface area (Å²) in [5.41, 5.74) is 10.4. The van der Waals surface area contributed by atoms with E-state index in [2.05, 4.69) is 109 Å². The quantitative estimate of drug-likeness (QED) is 0.177. The third-order valence-corrected chi connectivity index (χ3v) is 14.7. The van der Waals surface area contributed by atoms with Gasteiger partial charge in [-0.2, -0.15) is 5.26 Å². The van der Waals surface area contributed by atoms with E-state index in [0.717, 1.165) is 17.9 Å². The van der Waals surface area contributed by atoms with Crippen LogP contribution in [0.1, 0.15) is 79.3 Å². The molecule has 3 aromatic carbocycles. The lowest BCUT2D eigenvalue weighted by atomic mass is 9.87. The van der Waals surface area contributed by atoms with Crippen molar-refractivity contribution in [1.29, 1.82) is 5.26 Å². The second-order valence-electron chi connectivity index (χ2n) is 14.1. The molecule has 1 atom stereocenters. The van der Waals surface area contributed by atoms with Gasteiger partial charge in [0.15, 0.2) is 8.32 Å². The molecule has 1 saturated carbocycles. The molecule has 0 radical (unpaired) electrons. The van der Waals surface area contributed by atoms with Crippen LogP contribution < -0.4 is 9.47 Å². The maximum atomic E-state index is 9.36. The van der Waals surface area contributed by atoms with Crippen molar-refractivity contribution in [2.45, 2.75) is 97.9 Å². The van der Waals surface area contributed by atoms with Crippen LogP contribution in [0.25, 0.3) is 11.1 Å². The fourth-order valence-corrected chi connectivity index (χ4v) is 7.50. The molecule has 5 heteroatoms. The highest BCUT2D eigenvalue weighted by Crippen LogP contribution is 2.64. The number of hydrogen-bond acceptors (Lipinski definition) is 4. The zero-order chi connectivity index (χ0) is 30.3. The predicted octanol–water partition coefficient (Wildman–Crippen LogP) is 9.59. The van der Waals surface area contributed by atoms with Gasteiger partial charge in [0.25, 0.3) is 0 Å². The Labute approximate surface area is 254 Å². The molecule has 1 fully saturated rings. The van der Waals surface area contributed by atoms with E-state index in [-0.39, 0.29) is 5.04 Å². The first-order valence-electron chi connectivity index (χ1n) is 15.4. The third kappa shape index (κ3) is 6.03. The van der Waals surface area contributed by atoms with Crippen molar-refractivity contribution in [2.75, 3.05) is 13.2 Å². The van der Waals surface area contributed by atoms with Crippen molar-refractivity contribution >= 4 is 8.32 Å². The van der Waals surface area contributed by atoms with Crippen LogP contribution in [0.2, 0.25) is 18.1 Å². The van der Waals surface area contributed by atoms with Gasteiger partial charge in [-0.1, -0.05) is 45.0 Å². The standard InChI is InChI=1S/C37H47NO3Si/c1-25-20-31(39-18-19-41-42(7,8)36(4,5)6)21-26(2)35(25)32-11-9-10-28(27(32)3)24-40-30-12-13-33-29(22-30)23-37(15-16-37)34(33)14-17-38/h9-13,20-22,34H,14-16,18-19,23-24H2,1-8H3. The van der Waals surface area contributed by atoms with Crippen molar-refractivity contribution in [2.24, 2.45) is 5.41 Å². The van der Waals surface area contributed by atoms with Crippen LogP contribution in [0.15, 0.2) is 48.5 Å². The predicted molar refractivity (Wildman–Crippen MR) is 174 cm³/mol. The molecule has 42 heavy (non-hydrogen) atoms. The van der Waals surface area contributed by atoms with E-state index in [9.17, 15) is 5.26 Å². The van der Waals surface area contributed by atoms with Crippen LogP contribution in [0, 0.1) is 37.5 Å². The second kappa shape index (κ2) is 11.5. The minimum Gasteiger partial charge on any atom is -0.491 e. The Bertz CT molecular complexity index is 1480. The fourth-order valence-electron chi connectivity index (χ4n) is 6.48. The molecule has 5 rings (SSSR count). The summed E-state index contributed by atoms with van der Waals surface area (Å²) in [7, 11) is -1.77. The molecule has 0 aliphatic heterocycles. The Morgan fingerprint density at radius 2 is 1.64 bits per heavy atom. The zero-order valence-corrected chi connectivity index (χ0v) is 27.8. The van der Waals surface area contributed by atoms with Gasteiger partial charge in [-0.15, -0.1) is 0 Å². The number of aryl methyl sites for hydroxylation is 2. The van der Waals surface area contributed by atoms with Crippen molar-refractivity contribution in [1.82, 2.24) is 0 Å². The largest absolute Gasteiger partial charge is 0.491 e. The lowest BCUT2D eigenvalue weighted by molar-refractivity contribution is 0.203. The van der Waals surface area contributed by atoms with Crippen LogP contribution in [0.3, 0.4) is 0 Å². The number of hydrogen-bond donors (Lipinski definition) is 0. The Morgan fingerprint density at radius 3 is 2.29 bits per heavy atom. The lowest BCUT2D eigenvalue weighted by Gasteiger charge is -2.36. The number of benzene rings is 3. The van der Waals surface area contributed by atoms with Crippen LogP contribution >= 0.6 is 0 Å². The number of fused-ring (bicyclic) bond motifs is 1. The number of nitrogens with zero attached hydrogens (tertiary/aromatic N) is 1. The summed E-state index contributed by atoms with van der Waals surface area (Å²) < 4.78 is 18.8. The van der Waals surface area contributed by atoms with E-state index in [4.69, 9.17) is 13.9 Å². The summed E-state index contributed by atoms with van der Waals surface area (Å²) in [6.45, 7) is 19.6. The second-order valence-corrected chi connectivity index (χ2v) is 18.9. The molecular weight excluding hydrogens is 534 g/mol. The molecule has 4 nitrogen and oxygen atoms in total. The van der Waals surface area contributed by atoms with Gasteiger partial charge >= 0.3 is 0 Å². The van der Waals surface area contributed by atoms with Crippen molar-refractivity contribution in [3.05, 3.63) is 81.9 Å². The molecule has 0 aromatic heterocycles. The highest BCUT2D eigenvalue weighted by atomic mass is 28.4. The van der Waals surface area contributed by atoms with E-state index in [1.165, 1.54) is 57.3 Å². The van der Waals surface area contributed by atoms with E-state index in [1.54, 1.807) is 0 Å². The normalized spacial score (nSPS) is 17.2. The van der Waals surface area contributed by atoms with Gasteiger partial charge < -0.3 is 13.9 Å². The smallest absolute Gasteiger partial charge is 0.192 e. The van der Waals surface area contributed by atoms with Gasteiger partial charge in [0.2, 0.25) is 0 Å². The summed E-state index contributed by atoms with van der Waals surface area (Å²) in [6.07, 6.45) is 4.19. The van der Waals surface area contributed by atoms with E-state index in [1.807, 2.05) is 0 Å². The Kier molecular flexibility index (Phi) is 8.35. The van der Waals surface area contributed by atoms with E-state index in [0.29, 0.717) is 37.6 Å². The van der Waals surface area contributed by atoms with Gasteiger partial charge in [-0.05, 0) is 132 Å². The Balaban J connectivity index is 1.26. The highest BCUT2D eigenvalue weighted by Gasteiger charge is 2.54. The summed E-state index contributed by atoms with van der Waals surface area (Å²) in [5.74, 6) is 2.20. The average Bonchev–Trinajstić information content (AvgIpc) is 3.62. The van der Waals surface area contributed by atoms with Crippen LogP contribution in [0.5, 0.6) is 11.5 Å². The average molecular weight is 582 g/mol.